The monoisotopic (exact) mass is 337 g/mol. The minimum Gasteiger partial charge on any atom is -0.368 e. The van der Waals surface area contributed by atoms with Crippen LogP contribution in [0.25, 0.3) is 10.9 Å². The summed E-state index contributed by atoms with van der Waals surface area (Å²) >= 11 is 0. The minimum atomic E-state index is -0.985. The fraction of sp³-hybridized carbons (Fsp3) is 0.105. The highest BCUT2D eigenvalue weighted by Gasteiger charge is 2.21. The van der Waals surface area contributed by atoms with Gasteiger partial charge in [-0.05, 0) is 24.3 Å². The summed E-state index contributed by atoms with van der Waals surface area (Å²) in [7, 11) is 0. The number of amides is 2. The molecule has 0 fully saturated rings. The quantitative estimate of drug-likeness (QED) is 0.748. The van der Waals surface area contributed by atoms with Crippen LogP contribution in [0.4, 0.5) is 4.39 Å². The molecule has 0 saturated heterocycles. The molecule has 0 aliphatic carbocycles. The molecule has 3 N–H and O–H groups in total. The van der Waals surface area contributed by atoms with Crippen LogP contribution in [0, 0.1) is 5.82 Å². The molecular formula is C19H16FN3O2. The number of carbonyl (C=O) groups excluding carboxylic acids is 2. The number of primary amides is 1. The van der Waals surface area contributed by atoms with Gasteiger partial charge in [0.25, 0.3) is 5.91 Å². The van der Waals surface area contributed by atoms with Gasteiger partial charge in [-0.25, -0.2) is 4.39 Å². The van der Waals surface area contributed by atoms with Crippen LogP contribution in [0.15, 0.2) is 60.7 Å². The van der Waals surface area contributed by atoms with Crippen LogP contribution in [0.5, 0.6) is 0 Å². The first kappa shape index (κ1) is 16.6. The van der Waals surface area contributed by atoms with Gasteiger partial charge < -0.3 is 11.1 Å². The summed E-state index contributed by atoms with van der Waals surface area (Å²) in [5.74, 6) is -2.06. The van der Waals surface area contributed by atoms with Crippen LogP contribution in [0.2, 0.25) is 0 Å². The number of rotatable bonds is 5. The molecule has 0 spiro atoms. The topological polar surface area (TPSA) is 85.1 Å². The Kier molecular flexibility index (Phi) is 4.70. The van der Waals surface area contributed by atoms with Gasteiger partial charge in [-0.3, -0.25) is 14.6 Å². The standard InChI is InChI=1S/C19H16FN3O2/c20-15-7-3-2-6-14(15)19(25)23-17(18(21)24)11-13-10-9-12-5-1-4-8-16(12)22-13/h1-10,17H,11H2,(H2,21,24)(H,23,25)/t17-/m1/s1. The second-order valence-corrected chi connectivity index (χ2v) is 5.61. The molecule has 1 heterocycles. The lowest BCUT2D eigenvalue weighted by molar-refractivity contribution is -0.119. The van der Waals surface area contributed by atoms with E-state index >= 15 is 0 Å². The Morgan fingerprint density at radius 3 is 2.52 bits per heavy atom. The van der Waals surface area contributed by atoms with Crippen molar-refractivity contribution in [3.63, 3.8) is 0 Å². The largest absolute Gasteiger partial charge is 0.368 e. The molecule has 1 aromatic heterocycles. The van der Waals surface area contributed by atoms with Crippen molar-refractivity contribution in [2.45, 2.75) is 12.5 Å². The van der Waals surface area contributed by atoms with Crippen molar-refractivity contribution in [3.8, 4) is 0 Å². The highest BCUT2D eigenvalue weighted by Crippen LogP contribution is 2.13. The molecule has 3 rings (SSSR count). The van der Waals surface area contributed by atoms with Crippen molar-refractivity contribution in [1.29, 1.82) is 0 Å². The van der Waals surface area contributed by atoms with Crippen molar-refractivity contribution >= 4 is 22.7 Å². The van der Waals surface area contributed by atoms with Crippen molar-refractivity contribution in [2.24, 2.45) is 5.73 Å². The Morgan fingerprint density at radius 1 is 1.04 bits per heavy atom. The van der Waals surface area contributed by atoms with Gasteiger partial charge in [-0.2, -0.15) is 0 Å². The van der Waals surface area contributed by atoms with Crippen LogP contribution in [-0.4, -0.2) is 22.8 Å². The Labute approximate surface area is 143 Å². The molecule has 2 amide bonds. The number of para-hydroxylation sites is 1. The molecule has 0 bridgehead atoms. The van der Waals surface area contributed by atoms with Crippen molar-refractivity contribution < 1.29 is 14.0 Å². The van der Waals surface area contributed by atoms with Crippen molar-refractivity contribution in [2.75, 3.05) is 0 Å². The highest BCUT2D eigenvalue weighted by atomic mass is 19.1. The SMILES string of the molecule is NC(=O)[C@@H](Cc1ccc2ccccc2n1)NC(=O)c1ccccc1F. The molecular weight excluding hydrogens is 321 g/mol. The second kappa shape index (κ2) is 7.09. The van der Waals surface area contributed by atoms with Crippen LogP contribution >= 0.6 is 0 Å². The zero-order valence-corrected chi connectivity index (χ0v) is 13.3. The van der Waals surface area contributed by atoms with E-state index < -0.39 is 23.7 Å². The summed E-state index contributed by atoms with van der Waals surface area (Å²) in [6, 6.07) is 15.8. The van der Waals surface area contributed by atoms with E-state index in [4.69, 9.17) is 5.73 Å². The molecule has 3 aromatic rings. The lowest BCUT2D eigenvalue weighted by Crippen LogP contribution is -2.46. The maximum absolute atomic E-state index is 13.7. The summed E-state index contributed by atoms with van der Waals surface area (Å²) in [6.07, 6.45) is 0.125. The lowest BCUT2D eigenvalue weighted by atomic mass is 10.1. The van der Waals surface area contributed by atoms with E-state index in [1.807, 2.05) is 30.3 Å². The molecule has 0 aliphatic rings. The van der Waals surface area contributed by atoms with E-state index in [0.29, 0.717) is 5.69 Å². The second-order valence-electron chi connectivity index (χ2n) is 5.61. The molecule has 0 unspecified atom stereocenters. The molecule has 0 radical (unpaired) electrons. The van der Waals surface area contributed by atoms with Gasteiger partial charge in [0.15, 0.2) is 0 Å². The molecule has 0 saturated carbocycles. The van der Waals surface area contributed by atoms with Crippen molar-refractivity contribution in [3.05, 3.63) is 77.7 Å². The average Bonchev–Trinajstić information content (AvgIpc) is 2.61. The van der Waals surface area contributed by atoms with Gasteiger partial charge in [-0.1, -0.05) is 36.4 Å². The van der Waals surface area contributed by atoms with Gasteiger partial charge >= 0.3 is 0 Å². The number of nitrogens with zero attached hydrogens (tertiary/aromatic N) is 1. The maximum atomic E-state index is 13.7. The number of hydrogen-bond donors (Lipinski definition) is 2. The van der Waals surface area contributed by atoms with E-state index in [-0.39, 0.29) is 12.0 Å². The van der Waals surface area contributed by atoms with Crippen LogP contribution in [0.1, 0.15) is 16.1 Å². The molecule has 1 atom stereocenters. The Hall–Kier alpha value is -3.28. The maximum Gasteiger partial charge on any atom is 0.254 e. The predicted molar refractivity (Wildman–Crippen MR) is 92.3 cm³/mol. The van der Waals surface area contributed by atoms with Gasteiger partial charge in [0.2, 0.25) is 5.91 Å². The third-order valence-corrected chi connectivity index (χ3v) is 3.84. The number of pyridine rings is 1. The van der Waals surface area contributed by atoms with E-state index in [1.165, 1.54) is 18.2 Å². The van der Waals surface area contributed by atoms with Gasteiger partial charge in [0.05, 0.1) is 11.1 Å². The summed E-state index contributed by atoms with van der Waals surface area (Å²) < 4.78 is 13.7. The molecule has 126 valence electrons. The van der Waals surface area contributed by atoms with Crippen LogP contribution in [-0.2, 0) is 11.2 Å². The van der Waals surface area contributed by atoms with Gasteiger partial charge in [-0.15, -0.1) is 0 Å². The Bertz CT molecular complexity index is 943. The first-order valence-corrected chi connectivity index (χ1v) is 7.74. The molecule has 0 aliphatic heterocycles. The van der Waals surface area contributed by atoms with Gasteiger partial charge in [0.1, 0.15) is 11.9 Å². The third kappa shape index (κ3) is 3.80. The van der Waals surface area contributed by atoms with Crippen molar-refractivity contribution in [1.82, 2.24) is 10.3 Å². The highest BCUT2D eigenvalue weighted by molar-refractivity contribution is 5.97. The summed E-state index contributed by atoms with van der Waals surface area (Å²) in [4.78, 5) is 28.4. The lowest BCUT2D eigenvalue weighted by Gasteiger charge is -2.15. The molecule has 5 nitrogen and oxygen atoms in total. The number of hydrogen-bond acceptors (Lipinski definition) is 3. The smallest absolute Gasteiger partial charge is 0.254 e. The van der Waals surface area contributed by atoms with Crippen LogP contribution in [0.3, 0.4) is 0 Å². The fourth-order valence-electron chi connectivity index (χ4n) is 2.54. The van der Waals surface area contributed by atoms with Gasteiger partial charge in [0, 0.05) is 17.5 Å². The Morgan fingerprint density at radius 2 is 1.76 bits per heavy atom. The predicted octanol–water partition coefficient (Wildman–Crippen LogP) is 2.20. The van der Waals surface area contributed by atoms with E-state index in [9.17, 15) is 14.0 Å². The summed E-state index contributed by atoms with van der Waals surface area (Å²) in [5, 5.41) is 3.45. The van der Waals surface area contributed by atoms with E-state index in [0.717, 1.165) is 10.9 Å². The number of fused-ring (bicyclic) bond motifs is 1. The zero-order valence-electron chi connectivity index (χ0n) is 13.3. The zero-order chi connectivity index (χ0) is 17.8. The summed E-state index contributed by atoms with van der Waals surface area (Å²) in [6.45, 7) is 0. The molecule has 25 heavy (non-hydrogen) atoms. The Balaban J connectivity index is 1.80. The third-order valence-electron chi connectivity index (χ3n) is 3.84. The summed E-state index contributed by atoms with van der Waals surface area (Å²) in [5.41, 5.74) is 6.64. The van der Waals surface area contributed by atoms with E-state index in [1.54, 1.807) is 12.1 Å². The number of nitrogens with one attached hydrogen (secondary N) is 1. The van der Waals surface area contributed by atoms with E-state index in [2.05, 4.69) is 10.3 Å². The number of nitrogens with two attached hydrogens (primary N) is 1. The number of benzene rings is 2. The normalized spacial score (nSPS) is 11.9. The molecule has 2 aromatic carbocycles. The molecule has 6 heteroatoms. The minimum absolute atomic E-state index is 0.125. The number of aromatic nitrogens is 1. The number of halogens is 1. The number of carbonyl (C=O) groups is 2. The first-order chi connectivity index (χ1) is 12.0. The first-order valence-electron chi connectivity index (χ1n) is 7.74. The fourth-order valence-corrected chi connectivity index (χ4v) is 2.54. The average molecular weight is 337 g/mol. The van der Waals surface area contributed by atoms with Crippen LogP contribution < -0.4 is 11.1 Å².